The molecular formula is C9H9F2NO2. The van der Waals surface area contributed by atoms with Crippen molar-refractivity contribution in [1.29, 1.82) is 0 Å². The fourth-order valence-corrected chi connectivity index (χ4v) is 0.967. The third-order valence-electron chi connectivity index (χ3n) is 1.60. The van der Waals surface area contributed by atoms with Gasteiger partial charge in [-0.2, -0.15) is 0 Å². The Kier molecular flexibility index (Phi) is 3.53. The fraction of sp³-hybridized carbons (Fsp3) is 0.222. The second kappa shape index (κ2) is 4.66. The smallest absolute Gasteiger partial charge is 0.274 e. The Morgan fingerprint density at radius 3 is 2.79 bits per heavy atom. The quantitative estimate of drug-likeness (QED) is 0.758. The summed E-state index contributed by atoms with van der Waals surface area (Å²) >= 11 is 0. The third kappa shape index (κ3) is 2.50. The lowest BCUT2D eigenvalue weighted by Crippen LogP contribution is -2.21. The van der Waals surface area contributed by atoms with Crippen LogP contribution in [0.25, 0.3) is 0 Å². The molecule has 1 N–H and O–H groups in total. The van der Waals surface area contributed by atoms with Gasteiger partial charge in [-0.15, -0.1) is 0 Å². The molecule has 0 aliphatic heterocycles. The predicted molar refractivity (Wildman–Crippen MR) is 45.9 cm³/mol. The van der Waals surface area contributed by atoms with E-state index in [0.29, 0.717) is 0 Å². The Morgan fingerprint density at radius 2 is 2.21 bits per heavy atom. The number of benzene rings is 1. The molecule has 0 bridgehead atoms. The van der Waals surface area contributed by atoms with Crippen LogP contribution in [-0.4, -0.2) is 13.0 Å². The number of amides is 1. The number of hydrogen-bond acceptors (Lipinski definition) is 2. The molecule has 1 aromatic rings. The molecule has 1 amide bonds. The number of alkyl halides is 2. The van der Waals surface area contributed by atoms with Crippen LogP contribution in [0.4, 0.5) is 8.78 Å². The van der Waals surface area contributed by atoms with Crippen LogP contribution in [0.2, 0.25) is 0 Å². The minimum Gasteiger partial charge on any atom is -0.277 e. The van der Waals surface area contributed by atoms with Crippen LogP contribution in [0.1, 0.15) is 22.3 Å². The fourth-order valence-electron chi connectivity index (χ4n) is 0.967. The Labute approximate surface area is 79.6 Å². The van der Waals surface area contributed by atoms with Gasteiger partial charge in [0.25, 0.3) is 12.3 Å². The van der Waals surface area contributed by atoms with Crippen molar-refractivity contribution in [3.05, 3.63) is 35.4 Å². The number of carbonyl (C=O) groups excluding carboxylic acids is 1. The highest BCUT2D eigenvalue weighted by atomic mass is 19.3. The Bertz CT molecular complexity index is 328. The summed E-state index contributed by atoms with van der Waals surface area (Å²) in [6.45, 7) is 0. The van der Waals surface area contributed by atoms with Crippen molar-refractivity contribution in [1.82, 2.24) is 5.48 Å². The van der Waals surface area contributed by atoms with Gasteiger partial charge in [-0.1, -0.05) is 12.1 Å². The lowest BCUT2D eigenvalue weighted by Gasteiger charge is -2.04. The molecule has 5 heteroatoms. The van der Waals surface area contributed by atoms with E-state index in [1.807, 2.05) is 5.48 Å². The lowest BCUT2D eigenvalue weighted by molar-refractivity contribution is 0.0537. The van der Waals surface area contributed by atoms with Gasteiger partial charge < -0.3 is 0 Å². The highest BCUT2D eigenvalue weighted by Crippen LogP contribution is 2.19. The molecular weight excluding hydrogens is 192 g/mol. The van der Waals surface area contributed by atoms with Crippen LogP contribution < -0.4 is 5.48 Å². The maximum atomic E-state index is 12.2. The van der Waals surface area contributed by atoms with Gasteiger partial charge in [-0.25, -0.2) is 14.3 Å². The van der Waals surface area contributed by atoms with Crippen molar-refractivity contribution in [2.75, 3.05) is 7.11 Å². The first kappa shape index (κ1) is 10.6. The zero-order chi connectivity index (χ0) is 10.6. The monoisotopic (exact) mass is 201 g/mol. The number of rotatable bonds is 3. The van der Waals surface area contributed by atoms with E-state index in [1.165, 1.54) is 25.3 Å². The SMILES string of the molecule is CONC(=O)c1cccc(C(F)F)c1. The lowest BCUT2D eigenvalue weighted by atomic mass is 10.1. The van der Waals surface area contributed by atoms with Crippen LogP contribution in [0.5, 0.6) is 0 Å². The van der Waals surface area contributed by atoms with E-state index in [0.717, 1.165) is 6.07 Å². The molecule has 0 heterocycles. The Balaban J connectivity index is 2.88. The molecule has 0 atom stereocenters. The maximum absolute atomic E-state index is 12.2. The van der Waals surface area contributed by atoms with E-state index in [4.69, 9.17) is 0 Å². The van der Waals surface area contributed by atoms with Gasteiger partial charge in [0.15, 0.2) is 0 Å². The molecule has 0 unspecified atom stereocenters. The van der Waals surface area contributed by atoms with Crippen LogP contribution in [0, 0.1) is 0 Å². The summed E-state index contributed by atoms with van der Waals surface area (Å²) in [5.74, 6) is -0.546. The molecule has 0 fully saturated rings. The normalized spacial score (nSPS) is 10.3. The minimum absolute atomic E-state index is 0.143. The van der Waals surface area contributed by atoms with Crippen molar-refractivity contribution in [3.63, 3.8) is 0 Å². The number of nitrogens with one attached hydrogen (secondary N) is 1. The summed E-state index contributed by atoms with van der Waals surface area (Å²) in [6.07, 6.45) is -2.58. The highest BCUT2D eigenvalue weighted by molar-refractivity contribution is 5.93. The Hall–Kier alpha value is -1.49. The van der Waals surface area contributed by atoms with Gasteiger partial charge >= 0.3 is 0 Å². The molecule has 76 valence electrons. The number of carbonyl (C=O) groups is 1. The van der Waals surface area contributed by atoms with Crippen molar-refractivity contribution < 1.29 is 18.4 Å². The number of hydrogen-bond donors (Lipinski definition) is 1. The van der Waals surface area contributed by atoms with E-state index >= 15 is 0 Å². The largest absolute Gasteiger partial charge is 0.277 e. The molecule has 0 saturated carbocycles. The van der Waals surface area contributed by atoms with Gasteiger partial charge in [0, 0.05) is 11.1 Å². The van der Waals surface area contributed by atoms with Crippen LogP contribution >= 0.6 is 0 Å². The first-order chi connectivity index (χ1) is 6.65. The second-order valence-corrected chi connectivity index (χ2v) is 2.56. The summed E-state index contributed by atoms with van der Waals surface area (Å²) in [4.78, 5) is 15.5. The zero-order valence-electron chi connectivity index (χ0n) is 7.46. The molecule has 3 nitrogen and oxygen atoms in total. The van der Waals surface area contributed by atoms with E-state index < -0.39 is 12.3 Å². The average Bonchev–Trinajstić information content (AvgIpc) is 2.18. The molecule has 14 heavy (non-hydrogen) atoms. The highest BCUT2D eigenvalue weighted by Gasteiger charge is 2.10. The van der Waals surface area contributed by atoms with Gasteiger partial charge in [0.1, 0.15) is 0 Å². The zero-order valence-corrected chi connectivity index (χ0v) is 7.46. The minimum atomic E-state index is -2.58. The summed E-state index contributed by atoms with van der Waals surface area (Å²) < 4.78 is 24.5. The van der Waals surface area contributed by atoms with Gasteiger partial charge in [-0.3, -0.25) is 9.63 Å². The second-order valence-electron chi connectivity index (χ2n) is 2.56. The van der Waals surface area contributed by atoms with Crippen LogP contribution in [0.3, 0.4) is 0 Å². The van der Waals surface area contributed by atoms with Crippen LogP contribution in [-0.2, 0) is 4.84 Å². The van der Waals surface area contributed by atoms with Crippen molar-refractivity contribution in [2.45, 2.75) is 6.43 Å². The first-order valence-electron chi connectivity index (χ1n) is 3.86. The van der Waals surface area contributed by atoms with Crippen molar-refractivity contribution in [3.8, 4) is 0 Å². The molecule has 0 saturated heterocycles. The standard InChI is InChI=1S/C9H9F2NO2/c1-14-12-9(13)7-4-2-3-6(5-7)8(10)11/h2-5,8H,1H3,(H,12,13). The molecule has 1 aromatic carbocycles. The van der Waals surface area contributed by atoms with Gasteiger partial charge in [0.2, 0.25) is 0 Å². The molecule has 0 aromatic heterocycles. The van der Waals surface area contributed by atoms with E-state index in [1.54, 1.807) is 0 Å². The van der Waals surface area contributed by atoms with E-state index in [-0.39, 0.29) is 11.1 Å². The predicted octanol–water partition coefficient (Wildman–Crippen LogP) is 1.92. The van der Waals surface area contributed by atoms with E-state index in [2.05, 4.69) is 4.84 Å². The molecule has 1 rings (SSSR count). The number of halogens is 2. The average molecular weight is 201 g/mol. The Morgan fingerprint density at radius 1 is 1.50 bits per heavy atom. The van der Waals surface area contributed by atoms with E-state index in [9.17, 15) is 13.6 Å². The summed E-state index contributed by atoms with van der Waals surface area (Å²) in [6, 6.07) is 5.21. The van der Waals surface area contributed by atoms with Crippen molar-refractivity contribution >= 4 is 5.91 Å². The van der Waals surface area contributed by atoms with Gasteiger partial charge in [-0.05, 0) is 12.1 Å². The number of hydroxylamine groups is 1. The molecule has 0 spiro atoms. The third-order valence-corrected chi connectivity index (χ3v) is 1.60. The van der Waals surface area contributed by atoms with Crippen LogP contribution in [0.15, 0.2) is 24.3 Å². The topological polar surface area (TPSA) is 38.3 Å². The summed E-state index contributed by atoms with van der Waals surface area (Å²) in [5.41, 5.74) is 2.00. The van der Waals surface area contributed by atoms with Gasteiger partial charge in [0.05, 0.1) is 7.11 Å². The maximum Gasteiger partial charge on any atom is 0.274 e. The molecule has 0 aliphatic carbocycles. The van der Waals surface area contributed by atoms with Crippen molar-refractivity contribution in [2.24, 2.45) is 0 Å². The molecule has 0 aliphatic rings. The summed E-state index contributed by atoms with van der Waals surface area (Å²) in [5, 5.41) is 0. The molecule has 0 radical (unpaired) electrons. The summed E-state index contributed by atoms with van der Waals surface area (Å²) in [7, 11) is 1.27. The first-order valence-corrected chi connectivity index (χ1v) is 3.86.